The van der Waals surface area contributed by atoms with Crippen molar-refractivity contribution in [2.45, 2.75) is 100 Å². The quantitative estimate of drug-likeness (QED) is 0.157. The van der Waals surface area contributed by atoms with E-state index in [-0.39, 0.29) is 25.3 Å². The number of carbonyl (C=O) groups is 4. The standard InChI is InChI=1S/C48H59F2N5O9/c1-9-45-14-10-16-55-18-15-46(39(45)55)33-21-34(37(61-6)22-36(33)53(5)40(46)48(60,43(59)63-8)41(45)64-27(3)57)47(42(58)62-7)23-28-19-29(44(4,49)50)25-54(24-28)17-13-31-32-20-30(51-26(2)56)11-12-35(32)52-38(31)47/h10-12,14,20-22,28-29,39-41,52,60H,9,13,15-19,23-25H2,1-8H3,(H,51,56)/t28-,29+,39-,40+,41+,45+,46+,47-,48-/m0/s1. The number of aromatic nitrogens is 1. The molecule has 2 saturated heterocycles. The minimum absolute atomic E-state index is 0.0837. The first-order valence-electron chi connectivity index (χ1n) is 22.3. The summed E-state index contributed by atoms with van der Waals surface area (Å²) in [7, 11) is 5.86. The van der Waals surface area contributed by atoms with Crippen molar-refractivity contribution in [1.29, 1.82) is 0 Å². The fourth-order valence-corrected chi connectivity index (χ4v) is 13.8. The lowest BCUT2D eigenvalue weighted by Gasteiger charge is -2.63. The number of aliphatic hydroxyl groups is 1. The number of rotatable bonds is 8. The van der Waals surface area contributed by atoms with Gasteiger partial charge in [-0.05, 0) is 86.9 Å². The second-order valence-corrected chi connectivity index (χ2v) is 19.2. The lowest BCUT2D eigenvalue weighted by Crippen LogP contribution is -2.81. The van der Waals surface area contributed by atoms with Crippen molar-refractivity contribution in [2.75, 3.05) is 71.3 Å². The molecular weight excluding hydrogens is 829 g/mol. The fraction of sp³-hybridized carbons (Fsp3) is 0.583. The van der Waals surface area contributed by atoms with Gasteiger partial charge in [-0.15, -0.1) is 0 Å². The van der Waals surface area contributed by atoms with Crippen molar-refractivity contribution in [3.8, 4) is 5.75 Å². The second-order valence-electron chi connectivity index (χ2n) is 19.2. The molecular formula is C48H59F2N5O9. The Morgan fingerprint density at radius 3 is 2.41 bits per heavy atom. The number of carbonyl (C=O) groups excluding carboxylic acids is 4. The number of methoxy groups -OCH3 is 3. The summed E-state index contributed by atoms with van der Waals surface area (Å²) in [5.74, 6) is -6.48. The number of hydrogen-bond acceptors (Lipinski definition) is 12. The number of amides is 1. The van der Waals surface area contributed by atoms with Gasteiger partial charge in [0.15, 0.2) is 6.10 Å². The molecule has 1 unspecified atom stereocenters. The van der Waals surface area contributed by atoms with Crippen molar-refractivity contribution in [2.24, 2.45) is 17.3 Å². The Labute approximate surface area is 371 Å². The van der Waals surface area contributed by atoms with E-state index in [0.717, 1.165) is 23.4 Å². The molecule has 344 valence electrons. The molecule has 6 aliphatic rings. The van der Waals surface area contributed by atoms with E-state index < -0.39 is 75.7 Å². The number of halogens is 2. The van der Waals surface area contributed by atoms with E-state index in [1.54, 1.807) is 13.1 Å². The van der Waals surface area contributed by atoms with E-state index >= 15 is 13.6 Å². The third kappa shape index (κ3) is 6.03. The van der Waals surface area contributed by atoms with Crippen LogP contribution in [0.3, 0.4) is 0 Å². The number of alkyl halides is 2. The zero-order valence-electron chi connectivity index (χ0n) is 37.8. The molecule has 10 atom stereocenters. The number of fused-ring (bicyclic) bond motifs is 6. The molecule has 3 fully saturated rings. The highest BCUT2D eigenvalue weighted by atomic mass is 19.3. The summed E-state index contributed by atoms with van der Waals surface area (Å²) in [5.41, 5.74) is -1.68. The number of H-pyrrole nitrogens is 1. The average molecular weight is 888 g/mol. The maximum absolute atomic E-state index is 15.5. The largest absolute Gasteiger partial charge is 0.496 e. The first kappa shape index (κ1) is 44.2. The van der Waals surface area contributed by atoms with Gasteiger partial charge in [0.05, 0.1) is 27.4 Å². The number of nitrogens with one attached hydrogen (secondary N) is 2. The normalized spacial score (nSPS) is 34.0. The minimum atomic E-state index is -2.98. The molecule has 2 aromatic carbocycles. The third-order valence-corrected chi connectivity index (χ3v) is 16.0. The van der Waals surface area contributed by atoms with Gasteiger partial charge in [0, 0.05) is 109 Å². The maximum atomic E-state index is 15.5. The molecule has 3 N–H and O–H groups in total. The highest BCUT2D eigenvalue weighted by molar-refractivity contribution is 5.97. The van der Waals surface area contributed by atoms with Gasteiger partial charge in [-0.25, -0.2) is 13.6 Å². The third-order valence-electron chi connectivity index (χ3n) is 16.0. The van der Waals surface area contributed by atoms with Crippen LogP contribution in [-0.4, -0.2) is 135 Å². The number of aromatic amines is 1. The molecule has 2 bridgehead atoms. The molecule has 16 heteroatoms. The highest BCUT2D eigenvalue weighted by Crippen LogP contribution is 2.68. The van der Waals surface area contributed by atoms with E-state index in [0.29, 0.717) is 79.3 Å². The molecule has 14 nitrogen and oxygen atoms in total. The SMILES string of the molecule is CC[C@]12C=CCN3CC[C@@]4(c5cc([C@@]6(C(=O)OC)C[C@@H]7C[C@@H](C(C)(F)F)CN(CCc8c6[nH]c6ccc(NC(C)=O)cc86)C7)c(OC)cc5N(C)[C@H]4[C@@](O)(C(=O)OC)[C@@H]1OC(C)=O)[C@@H]32. The van der Waals surface area contributed by atoms with Crippen molar-refractivity contribution in [1.82, 2.24) is 14.8 Å². The summed E-state index contributed by atoms with van der Waals surface area (Å²) in [4.78, 5) is 65.1. The molecule has 6 heterocycles. The van der Waals surface area contributed by atoms with Crippen LogP contribution >= 0.6 is 0 Å². The van der Waals surface area contributed by atoms with Crippen molar-refractivity contribution >= 4 is 46.1 Å². The Kier molecular flexibility index (Phi) is 10.5. The van der Waals surface area contributed by atoms with Crippen LogP contribution < -0.4 is 15.0 Å². The van der Waals surface area contributed by atoms with Crippen LogP contribution in [0.1, 0.15) is 75.8 Å². The van der Waals surface area contributed by atoms with Crippen LogP contribution in [0.2, 0.25) is 0 Å². The van der Waals surface area contributed by atoms with E-state index in [1.165, 1.54) is 35.2 Å². The van der Waals surface area contributed by atoms with Crippen molar-refractivity contribution < 1.29 is 52.0 Å². The molecule has 5 aliphatic heterocycles. The molecule has 0 radical (unpaired) electrons. The van der Waals surface area contributed by atoms with Crippen LogP contribution in [0.4, 0.5) is 20.2 Å². The molecule has 9 rings (SSSR count). The van der Waals surface area contributed by atoms with Crippen molar-refractivity contribution in [3.63, 3.8) is 0 Å². The number of ether oxygens (including phenoxy) is 4. The maximum Gasteiger partial charge on any atom is 0.344 e. The summed E-state index contributed by atoms with van der Waals surface area (Å²) in [6.07, 6.45) is 4.18. The van der Waals surface area contributed by atoms with Crippen molar-refractivity contribution in [3.05, 3.63) is 64.9 Å². The molecule has 1 spiro atoms. The van der Waals surface area contributed by atoms with Crippen LogP contribution in [0.15, 0.2) is 42.5 Å². The van der Waals surface area contributed by atoms with Gasteiger partial charge in [0.2, 0.25) is 17.4 Å². The Bertz CT molecular complexity index is 2470. The predicted octanol–water partition coefficient (Wildman–Crippen LogP) is 5.08. The summed E-state index contributed by atoms with van der Waals surface area (Å²) in [6.45, 7) is 7.91. The Morgan fingerprint density at radius 1 is 1.00 bits per heavy atom. The fourth-order valence-electron chi connectivity index (χ4n) is 13.8. The highest BCUT2D eigenvalue weighted by Gasteiger charge is 2.80. The topological polar surface area (TPSA) is 163 Å². The van der Waals surface area contributed by atoms with Gasteiger partial charge in [0.1, 0.15) is 11.2 Å². The van der Waals surface area contributed by atoms with Gasteiger partial charge in [-0.1, -0.05) is 19.1 Å². The van der Waals surface area contributed by atoms with Crippen LogP contribution in [0, 0.1) is 17.3 Å². The number of hydrogen-bond donors (Lipinski definition) is 3. The summed E-state index contributed by atoms with van der Waals surface area (Å²) < 4.78 is 54.7. The lowest BCUT2D eigenvalue weighted by atomic mass is 9.47. The average Bonchev–Trinajstić information content (AvgIpc) is 3.91. The van der Waals surface area contributed by atoms with Crippen LogP contribution in [-0.2, 0) is 50.6 Å². The molecule has 1 aromatic heterocycles. The van der Waals surface area contributed by atoms with E-state index in [9.17, 15) is 19.5 Å². The van der Waals surface area contributed by atoms with Gasteiger partial charge in [-0.2, -0.15) is 0 Å². The number of likely N-dealkylation sites (N-methyl/N-ethyl adjacent to an activating group) is 1. The predicted molar refractivity (Wildman–Crippen MR) is 234 cm³/mol. The van der Waals surface area contributed by atoms with Gasteiger partial charge >= 0.3 is 17.9 Å². The Balaban J connectivity index is 1.36. The molecule has 1 saturated carbocycles. The first-order valence-corrected chi connectivity index (χ1v) is 22.3. The number of esters is 3. The number of piperidine rings is 1. The monoisotopic (exact) mass is 887 g/mol. The summed E-state index contributed by atoms with van der Waals surface area (Å²) in [5, 5.41) is 17.0. The zero-order chi connectivity index (χ0) is 45.9. The molecule has 1 amide bonds. The number of anilines is 2. The van der Waals surface area contributed by atoms with Gasteiger partial charge in [0.25, 0.3) is 0 Å². The van der Waals surface area contributed by atoms with Gasteiger partial charge in [-0.3, -0.25) is 19.3 Å². The molecule has 3 aromatic rings. The van der Waals surface area contributed by atoms with Crippen LogP contribution in [0.25, 0.3) is 10.9 Å². The van der Waals surface area contributed by atoms with E-state index in [4.69, 9.17) is 18.9 Å². The number of benzene rings is 2. The summed E-state index contributed by atoms with van der Waals surface area (Å²) in [6, 6.07) is 7.93. The zero-order valence-corrected chi connectivity index (χ0v) is 37.8. The Hall–Kier alpha value is -5.06. The first-order chi connectivity index (χ1) is 30.3. The number of nitrogens with zero attached hydrogens (tertiary/aromatic N) is 3. The minimum Gasteiger partial charge on any atom is -0.496 e. The van der Waals surface area contributed by atoms with E-state index in [1.807, 2.05) is 48.2 Å². The lowest BCUT2D eigenvalue weighted by molar-refractivity contribution is -0.228. The second kappa shape index (κ2) is 15.3. The van der Waals surface area contributed by atoms with Crippen LogP contribution in [0.5, 0.6) is 5.75 Å². The smallest absolute Gasteiger partial charge is 0.344 e. The molecule has 64 heavy (non-hydrogen) atoms. The molecule has 1 aliphatic carbocycles. The van der Waals surface area contributed by atoms with E-state index in [2.05, 4.69) is 20.1 Å². The van der Waals surface area contributed by atoms with Gasteiger partial charge < -0.3 is 44.2 Å². The Morgan fingerprint density at radius 2 is 1.75 bits per heavy atom. The summed E-state index contributed by atoms with van der Waals surface area (Å²) >= 11 is 0.